The van der Waals surface area contributed by atoms with Crippen LogP contribution >= 0.6 is 31.9 Å². The molecule has 6 N–H and O–H groups in total. The number of aromatic nitrogens is 11. The molecule has 5 aromatic rings. The van der Waals surface area contributed by atoms with E-state index in [2.05, 4.69) is 72.4 Å². The summed E-state index contributed by atoms with van der Waals surface area (Å²) >= 11 is 6.46. The first-order chi connectivity index (χ1) is 18.4. The molecule has 18 heteroatoms. The van der Waals surface area contributed by atoms with Gasteiger partial charge in [0, 0.05) is 54.7 Å². The van der Waals surface area contributed by atoms with Gasteiger partial charge < -0.3 is 21.5 Å². The molecule has 5 aromatic heterocycles. The molecule has 39 heavy (non-hydrogen) atoms. The van der Waals surface area contributed by atoms with Crippen molar-refractivity contribution >= 4 is 56.2 Å². The zero-order chi connectivity index (χ0) is 29.1. The fraction of sp³-hybridized carbons (Fsp3) is 0.238. The van der Waals surface area contributed by atoms with Crippen LogP contribution in [-0.4, -0.2) is 72.1 Å². The van der Waals surface area contributed by atoms with Crippen molar-refractivity contribution in [2.24, 2.45) is 21.1 Å². The third-order valence-corrected chi connectivity index (χ3v) is 5.97. The van der Waals surface area contributed by atoms with Gasteiger partial charge in [0.25, 0.3) is 0 Å². The zero-order valence-corrected chi connectivity index (χ0v) is 25.0. The summed E-state index contributed by atoms with van der Waals surface area (Å²) in [5.74, 6) is 1.12. The Morgan fingerprint density at radius 1 is 0.744 bits per heavy atom. The highest BCUT2D eigenvalue weighted by molar-refractivity contribution is 9.10. The van der Waals surface area contributed by atoms with Crippen molar-refractivity contribution in [3.63, 3.8) is 0 Å². The van der Waals surface area contributed by atoms with E-state index in [9.17, 15) is 0 Å². The van der Waals surface area contributed by atoms with Crippen molar-refractivity contribution < 1.29 is 10.0 Å². The van der Waals surface area contributed by atoms with Gasteiger partial charge in [0.2, 0.25) is 0 Å². The highest BCUT2D eigenvalue weighted by Gasteiger charge is 2.13. The second-order valence-electron chi connectivity index (χ2n) is 7.68. The second kappa shape index (κ2) is 15.0. The van der Waals surface area contributed by atoms with Crippen LogP contribution in [0.4, 0.5) is 11.6 Å². The first-order valence-corrected chi connectivity index (χ1v) is 12.7. The molecule has 0 aliphatic carbocycles. The number of aryl methyl sites for hydroxylation is 3. The molecule has 0 saturated heterocycles. The first-order valence-electron chi connectivity index (χ1n) is 11.1. The molecule has 0 aliphatic heterocycles. The van der Waals surface area contributed by atoms with Crippen LogP contribution in [0.1, 0.15) is 11.1 Å². The standard InChI is InChI=1S/C9H11N5.C6H7BrN2.C3H6BN3O2.C3H4BrN3/c1-6-7(3-4-11-9(6)10)8-5-12-14(2)13-8;1-4-5(7)2-3-9-6(4)8;1-7-5-2-3(6-7)4(8)9;1-7-5-2-3(4)6-7/h3-5H,1-2H3,(H2,10,11);2-3H,1H3,(H2,8,9);2,8-9H,1H3;2H,1H3. The Kier molecular flexibility index (Phi) is 12.1. The smallest absolute Gasteiger partial charge is 0.422 e. The summed E-state index contributed by atoms with van der Waals surface area (Å²) in [6.07, 6.45) is 7.99. The maximum atomic E-state index is 8.48. The maximum Gasteiger partial charge on any atom is 0.511 e. The van der Waals surface area contributed by atoms with Gasteiger partial charge in [-0.3, -0.25) is 0 Å². The Balaban J connectivity index is 0.000000189. The van der Waals surface area contributed by atoms with Crippen LogP contribution in [0.3, 0.4) is 0 Å². The number of hydrogen-bond acceptors (Lipinski definition) is 12. The predicted octanol–water partition coefficient (Wildman–Crippen LogP) is 0.575. The molecule has 0 aromatic carbocycles. The van der Waals surface area contributed by atoms with Crippen molar-refractivity contribution in [1.82, 2.24) is 54.9 Å². The molecular formula is C21H28BBr2N13O2. The van der Waals surface area contributed by atoms with Crippen LogP contribution in [0, 0.1) is 13.8 Å². The largest absolute Gasteiger partial charge is 0.511 e. The molecule has 0 bridgehead atoms. The maximum absolute atomic E-state index is 8.48. The Bertz CT molecular complexity index is 1440. The minimum atomic E-state index is -1.52. The van der Waals surface area contributed by atoms with E-state index in [1.807, 2.05) is 26.0 Å². The third-order valence-electron chi connectivity index (χ3n) is 4.75. The Morgan fingerprint density at radius 2 is 1.28 bits per heavy atom. The van der Waals surface area contributed by atoms with Gasteiger partial charge in [-0.2, -0.15) is 39.9 Å². The molecule has 0 fully saturated rings. The normalized spacial score (nSPS) is 9.87. The summed E-state index contributed by atoms with van der Waals surface area (Å²) in [7, 11) is 3.64. The van der Waals surface area contributed by atoms with Gasteiger partial charge >= 0.3 is 7.12 Å². The van der Waals surface area contributed by atoms with E-state index in [1.54, 1.807) is 45.9 Å². The van der Waals surface area contributed by atoms with Crippen molar-refractivity contribution in [3.8, 4) is 11.3 Å². The summed E-state index contributed by atoms with van der Waals surface area (Å²) in [5.41, 5.74) is 15.1. The van der Waals surface area contributed by atoms with Crippen molar-refractivity contribution in [2.45, 2.75) is 13.8 Å². The van der Waals surface area contributed by atoms with Gasteiger partial charge in [0.1, 0.15) is 27.5 Å². The zero-order valence-electron chi connectivity index (χ0n) is 21.8. The summed E-state index contributed by atoms with van der Waals surface area (Å²) in [4.78, 5) is 12.1. The fourth-order valence-electron chi connectivity index (χ4n) is 2.63. The highest BCUT2D eigenvalue weighted by atomic mass is 79.9. The van der Waals surface area contributed by atoms with E-state index in [-0.39, 0.29) is 5.59 Å². The quantitative estimate of drug-likeness (QED) is 0.191. The molecule has 206 valence electrons. The van der Waals surface area contributed by atoms with Crippen LogP contribution in [0.15, 0.2) is 52.2 Å². The molecule has 0 saturated carbocycles. The van der Waals surface area contributed by atoms with Gasteiger partial charge in [-0.1, -0.05) is 15.9 Å². The van der Waals surface area contributed by atoms with E-state index in [0.717, 1.165) is 31.5 Å². The highest BCUT2D eigenvalue weighted by Crippen LogP contribution is 2.22. The fourth-order valence-corrected chi connectivity index (χ4v) is 3.27. The molecule has 0 radical (unpaired) electrons. The summed E-state index contributed by atoms with van der Waals surface area (Å²) in [6.45, 7) is 3.85. The van der Waals surface area contributed by atoms with Crippen molar-refractivity contribution in [2.75, 3.05) is 11.5 Å². The molecule has 0 atom stereocenters. The molecule has 0 spiro atoms. The number of nitrogen functional groups attached to an aromatic ring is 2. The number of nitrogens with two attached hydrogens (primary N) is 2. The number of pyridine rings is 2. The number of anilines is 2. The Labute approximate surface area is 241 Å². The van der Waals surface area contributed by atoms with Gasteiger partial charge in [-0.15, -0.1) is 5.10 Å². The SMILES string of the molecule is Cc1c(-c2cnn(C)n2)ccnc1N.Cc1c(Br)ccnc1N.Cn1ncc(B(O)O)n1.Cn1ncc(Br)n1. The van der Waals surface area contributed by atoms with Gasteiger partial charge in [0.15, 0.2) is 0 Å². The lowest BCUT2D eigenvalue weighted by atomic mass is 9.87. The average Bonchev–Trinajstić information content (AvgIpc) is 3.62. The second-order valence-corrected chi connectivity index (χ2v) is 9.35. The molecular weight excluding hydrogens is 637 g/mol. The van der Waals surface area contributed by atoms with E-state index < -0.39 is 7.12 Å². The molecule has 5 heterocycles. The lowest BCUT2D eigenvalue weighted by molar-refractivity contribution is 0.423. The van der Waals surface area contributed by atoms with Crippen LogP contribution in [0.5, 0.6) is 0 Å². The van der Waals surface area contributed by atoms with E-state index >= 15 is 0 Å². The molecule has 15 nitrogen and oxygen atoms in total. The number of halogens is 2. The average molecular weight is 665 g/mol. The van der Waals surface area contributed by atoms with Crippen molar-refractivity contribution in [3.05, 3.63) is 63.3 Å². The first kappa shape index (κ1) is 31.5. The van der Waals surface area contributed by atoms with E-state index in [1.165, 1.54) is 20.6 Å². The minimum Gasteiger partial charge on any atom is -0.422 e. The van der Waals surface area contributed by atoms with Crippen molar-refractivity contribution in [1.29, 1.82) is 0 Å². The number of nitrogens with zero attached hydrogens (tertiary/aromatic N) is 11. The summed E-state index contributed by atoms with van der Waals surface area (Å²) in [5, 5.41) is 40.0. The monoisotopic (exact) mass is 663 g/mol. The van der Waals surface area contributed by atoms with Gasteiger partial charge in [-0.05, 0) is 41.9 Å². The molecule has 5 rings (SSSR count). The molecule has 0 aliphatic rings. The third kappa shape index (κ3) is 10.2. The van der Waals surface area contributed by atoms with Crippen LogP contribution in [0.25, 0.3) is 11.3 Å². The number of hydrogen-bond donors (Lipinski definition) is 4. The summed E-state index contributed by atoms with van der Waals surface area (Å²) < 4.78 is 1.78. The minimum absolute atomic E-state index is 0.164. The van der Waals surface area contributed by atoms with E-state index in [4.69, 9.17) is 21.5 Å². The van der Waals surface area contributed by atoms with Crippen LogP contribution < -0.4 is 17.1 Å². The lowest BCUT2D eigenvalue weighted by Gasteiger charge is -2.03. The molecule has 0 amide bonds. The van der Waals surface area contributed by atoms with Crippen LogP contribution in [-0.2, 0) is 21.1 Å². The Morgan fingerprint density at radius 3 is 1.67 bits per heavy atom. The van der Waals surface area contributed by atoms with Crippen LogP contribution in [0.2, 0.25) is 0 Å². The number of rotatable bonds is 2. The lowest BCUT2D eigenvalue weighted by Crippen LogP contribution is -2.31. The van der Waals surface area contributed by atoms with Gasteiger partial charge in [-0.25, -0.2) is 9.97 Å². The Hall–Kier alpha value is -3.74. The molecule has 0 unspecified atom stereocenters. The van der Waals surface area contributed by atoms with E-state index in [0.29, 0.717) is 11.6 Å². The summed E-state index contributed by atoms with van der Waals surface area (Å²) in [6, 6.07) is 3.75. The predicted molar refractivity (Wildman–Crippen MR) is 154 cm³/mol. The topological polar surface area (TPSA) is 210 Å². The van der Waals surface area contributed by atoms with Gasteiger partial charge in [0.05, 0.1) is 18.6 Å².